The molecule has 1 saturated heterocycles. The Balaban J connectivity index is 1.25. The van der Waals surface area contributed by atoms with Gasteiger partial charge in [0, 0.05) is 32.8 Å². The zero-order chi connectivity index (χ0) is 26.9. The topological polar surface area (TPSA) is 74.7 Å². The largest absolute Gasteiger partial charge is 0.390 e. The van der Waals surface area contributed by atoms with Gasteiger partial charge < -0.3 is 24.7 Å². The van der Waals surface area contributed by atoms with E-state index in [2.05, 4.69) is 63.0 Å². The molecule has 5 heteroatoms. The van der Waals surface area contributed by atoms with E-state index in [1.807, 2.05) is 13.8 Å². The highest BCUT2D eigenvalue weighted by Gasteiger charge is 2.84. The average Bonchev–Trinajstić information content (AvgIpc) is 3.44. The number of aromatic amines is 1. The van der Waals surface area contributed by atoms with Crippen LogP contribution in [0.1, 0.15) is 84.9 Å². The number of hydrogen-bond acceptors (Lipinski definition) is 4. The Morgan fingerprint density at radius 3 is 2.71 bits per heavy atom. The van der Waals surface area contributed by atoms with Gasteiger partial charge in [0.2, 0.25) is 0 Å². The first kappa shape index (κ1) is 25.3. The number of nitrogens with one attached hydrogen (secondary N) is 1. The minimum Gasteiger partial charge on any atom is -0.390 e. The van der Waals surface area contributed by atoms with Crippen molar-refractivity contribution in [2.45, 2.75) is 115 Å². The second-order valence-electron chi connectivity index (χ2n) is 14.5. The Labute approximate surface area is 227 Å². The molecule has 2 aromatic rings. The maximum absolute atomic E-state index is 13.0. The molecule has 0 bridgehead atoms. The Hall–Kier alpha value is -1.66. The van der Waals surface area contributed by atoms with E-state index >= 15 is 0 Å². The molecule has 4 aliphatic carbocycles. The molecule has 5 nitrogen and oxygen atoms in total. The second-order valence-corrected chi connectivity index (χ2v) is 14.5. The van der Waals surface area contributed by atoms with Crippen LogP contribution in [-0.4, -0.2) is 51.3 Å². The van der Waals surface area contributed by atoms with Crippen LogP contribution >= 0.6 is 0 Å². The number of H-pyrrole nitrogens is 1. The zero-order valence-electron chi connectivity index (χ0n) is 23.9. The number of benzene rings is 1. The Bertz CT molecular complexity index is 1320. The third-order valence-electron chi connectivity index (χ3n) is 12.5. The summed E-state index contributed by atoms with van der Waals surface area (Å²) in [4.78, 5) is 3.84. The molecule has 7 rings (SSSR count). The summed E-state index contributed by atoms with van der Waals surface area (Å²) in [5, 5.41) is 26.1. The lowest BCUT2D eigenvalue weighted by Crippen LogP contribution is -2.73. The summed E-state index contributed by atoms with van der Waals surface area (Å²) in [5.74, 6) is 0.569. The molecule has 38 heavy (non-hydrogen) atoms. The summed E-state index contributed by atoms with van der Waals surface area (Å²) in [6.45, 7) is 13.5. The molecule has 2 heterocycles. The van der Waals surface area contributed by atoms with Crippen LogP contribution in [-0.2, 0) is 21.3 Å². The smallest absolute Gasteiger partial charge is 0.112 e. The second kappa shape index (κ2) is 7.75. The van der Waals surface area contributed by atoms with Gasteiger partial charge in [-0.1, -0.05) is 43.7 Å². The van der Waals surface area contributed by atoms with Crippen molar-refractivity contribution < 1.29 is 19.7 Å². The SMILES string of the molecule is CC(C)=CCOC(C)(C)[C@H]1O[C@H]2CC[C@@]3(C)[C@@](O)(CC[C@H]4Cc5c([nH]c6ccccc56)[C@@]43C)[C@]23C[C@@H]3[C@@H]1O. The normalized spacial score (nSPS) is 45.0. The summed E-state index contributed by atoms with van der Waals surface area (Å²) >= 11 is 0. The van der Waals surface area contributed by atoms with Gasteiger partial charge in [-0.05, 0) is 89.7 Å². The van der Waals surface area contributed by atoms with E-state index in [1.54, 1.807) is 0 Å². The van der Waals surface area contributed by atoms with Crippen LogP contribution in [0.4, 0.5) is 0 Å². The summed E-state index contributed by atoms with van der Waals surface area (Å²) < 4.78 is 13.1. The van der Waals surface area contributed by atoms with Crippen molar-refractivity contribution in [3.8, 4) is 0 Å². The first-order valence-corrected chi connectivity index (χ1v) is 14.8. The summed E-state index contributed by atoms with van der Waals surface area (Å²) in [5.41, 5.74) is 2.92. The van der Waals surface area contributed by atoms with E-state index < -0.39 is 23.4 Å². The molecule has 9 atom stereocenters. The van der Waals surface area contributed by atoms with Gasteiger partial charge in [0.05, 0.1) is 30.0 Å². The number of ether oxygens (including phenoxy) is 2. The fraction of sp³-hybridized carbons (Fsp3) is 0.697. The van der Waals surface area contributed by atoms with Gasteiger partial charge in [-0.2, -0.15) is 0 Å². The molecule has 3 saturated carbocycles. The van der Waals surface area contributed by atoms with Crippen LogP contribution in [0.15, 0.2) is 35.9 Å². The minimum absolute atomic E-state index is 0.0472. The van der Waals surface area contributed by atoms with E-state index in [0.29, 0.717) is 12.5 Å². The van der Waals surface area contributed by atoms with Gasteiger partial charge in [0.25, 0.3) is 0 Å². The summed E-state index contributed by atoms with van der Waals surface area (Å²) in [7, 11) is 0. The first-order valence-electron chi connectivity index (χ1n) is 14.8. The number of allylic oxidation sites excluding steroid dienone is 1. The van der Waals surface area contributed by atoms with Crippen LogP contribution in [0.3, 0.4) is 0 Å². The van der Waals surface area contributed by atoms with Crippen molar-refractivity contribution in [3.63, 3.8) is 0 Å². The monoisotopic (exact) mass is 519 g/mol. The minimum atomic E-state index is -0.878. The molecular formula is C33H45NO4. The zero-order valence-corrected chi connectivity index (χ0v) is 23.9. The number of rotatable bonds is 4. The molecule has 0 radical (unpaired) electrons. The van der Waals surface area contributed by atoms with Gasteiger partial charge in [-0.25, -0.2) is 0 Å². The van der Waals surface area contributed by atoms with Crippen LogP contribution in [0.2, 0.25) is 0 Å². The summed E-state index contributed by atoms with van der Waals surface area (Å²) in [6.07, 6.45) is 6.55. The standard InChI is InChI=1S/C33H45NO4/c1-19(2)13-16-37-29(3,4)28-26(35)23-18-32(23)25(38-28)12-14-30(5)31(6)20(11-15-33(30,32)36)17-22-21-9-7-8-10-24(21)34-27(22)31/h7-10,13,20,23,25-26,28,34-36H,11-12,14-18H2,1-6H3/t20-,23+,25-,26-,28-,30+,31+,32-,33-/m0/s1. The quantitative estimate of drug-likeness (QED) is 0.445. The molecule has 0 amide bonds. The number of para-hydroxylation sites is 1. The molecule has 3 N–H and O–H groups in total. The fourth-order valence-electron chi connectivity index (χ4n) is 10.2. The number of aliphatic hydroxyl groups excluding tert-OH is 1. The average molecular weight is 520 g/mol. The van der Waals surface area contributed by atoms with Gasteiger partial charge in [-0.15, -0.1) is 0 Å². The number of fused-ring (bicyclic) bond motifs is 7. The molecule has 1 spiro atoms. The highest BCUT2D eigenvalue weighted by Crippen LogP contribution is 2.80. The predicted octanol–water partition coefficient (Wildman–Crippen LogP) is 5.82. The van der Waals surface area contributed by atoms with Crippen molar-refractivity contribution in [3.05, 3.63) is 47.2 Å². The lowest BCUT2D eigenvalue weighted by atomic mass is 9.40. The van der Waals surface area contributed by atoms with Gasteiger partial charge in [0.15, 0.2) is 0 Å². The van der Waals surface area contributed by atoms with Crippen molar-refractivity contribution in [2.24, 2.45) is 22.7 Å². The lowest BCUT2D eigenvalue weighted by molar-refractivity contribution is -0.305. The summed E-state index contributed by atoms with van der Waals surface area (Å²) in [6, 6.07) is 8.68. The Morgan fingerprint density at radius 2 is 1.95 bits per heavy atom. The molecule has 0 unspecified atom stereocenters. The van der Waals surface area contributed by atoms with E-state index in [0.717, 1.165) is 38.5 Å². The third-order valence-corrected chi connectivity index (χ3v) is 12.5. The fourth-order valence-corrected chi connectivity index (χ4v) is 10.2. The highest BCUT2D eigenvalue weighted by molar-refractivity contribution is 5.86. The molecule has 5 aliphatic rings. The molecule has 1 aliphatic heterocycles. The molecule has 1 aromatic carbocycles. The molecule has 1 aromatic heterocycles. The van der Waals surface area contributed by atoms with Crippen molar-refractivity contribution in [1.82, 2.24) is 4.98 Å². The molecule has 4 fully saturated rings. The van der Waals surface area contributed by atoms with E-state index in [4.69, 9.17) is 9.47 Å². The number of aliphatic hydroxyl groups is 2. The van der Waals surface area contributed by atoms with Crippen LogP contribution < -0.4 is 0 Å². The van der Waals surface area contributed by atoms with Crippen molar-refractivity contribution in [1.29, 1.82) is 0 Å². The van der Waals surface area contributed by atoms with E-state index in [-0.39, 0.29) is 28.3 Å². The van der Waals surface area contributed by atoms with E-state index in [9.17, 15) is 10.2 Å². The van der Waals surface area contributed by atoms with Gasteiger partial charge in [0.1, 0.15) is 6.10 Å². The first-order chi connectivity index (χ1) is 17.9. The predicted molar refractivity (Wildman–Crippen MR) is 149 cm³/mol. The van der Waals surface area contributed by atoms with Crippen LogP contribution in [0, 0.1) is 22.7 Å². The molecule has 206 valence electrons. The molecular weight excluding hydrogens is 474 g/mol. The van der Waals surface area contributed by atoms with E-state index in [1.165, 1.54) is 27.7 Å². The maximum atomic E-state index is 13.0. The highest BCUT2D eigenvalue weighted by atomic mass is 16.6. The Morgan fingerprint density at radius 1 is 1.18 bits per heavy atom. The van der Waals surface area contributed by atoms with Crippen molar-refractivity contribution in [2.75, 3.05) is 6.61 Å². The van der Waals surface area contributed by atoms with Gasteiger partial charge >= 0.3 is 0 Å². The van der Waals surface area contributed by atoms with Crippen LogP contribution in [0.25, 0.3) is 10.9 Å². The lowest BCUT2D eigenvalue weighted by Gasteiger charge is -2.68. The maximum Gasteiger partial charge on any atom is 0.112 e. The Kier molecular flexibility index (Phi) is 5.16. The van der Waals surface area contributed by atoms with Crippen molar-refractivity contribution >= 4 is 10.9 Å². The van der Waals surface area contributed by atoms with Gasteiger partial charge in [-0.3, -0.25) is 0 Å². The third kappa shape index (κ3) is 2.82. The van der Waals surface area contributed by atoms with Crippen LogP contribution in [0.5, 0.6) is 0 Å². The number of aromatic nitrogens is 1. The number of hydrogen-bond donors (Lipinski definition) is 3.